The van der Waals surface area contributed by atoms with E-state index in [0.29, 0.717) is 68.9 Å². The molecule has 0 saturated carbocycles. The molecule has 31 heteroatoms. The third-order valence-corrected chi connectivity index (χ3v) is 26.1. The second-order valence-corrected chi connectivity index (χ2v) is 34.4. The molecule has 3 fully saturated rings. The second-order valence-electron chi connectivity index (χ2n) is 31.9. The van der Waals surface area contributed by atoms with Crippen molar-refractivity contribution in [2.24, 2.45) is 4.99 Å². The Kier molecular flexibility index (Phi) is 27.2. The molecule has 0 spiro atoms. The zero-order valence-electron chi connectivity index (χ0n) is 73.2. The van der Waals surface area contributed by atoms with Crippen LogP contribution in [-0.2, 0) is 26.1 Å². The van der Waals surface area contributed by atoms with Crippen LogP contribution >= 0.6 is 34.0 Å². The number of hydrogen-bond donors (Lipinski definition) is 7. The van der Waals surface area contributed by atoms with Crippen molar-refractivity contribution < 1.29 is 48.0 Å². The number of ether oxygens (including phenoxy) is 5. The first-order valence-electron chi connectivity index (χ1n) is 43.3. The number of amides is 4. The number of aliphatic hydroxyl groups excluding tert-OH is 1. The Labute approximate surface area is 773 Å². The molecule has 1 atom stereocenters. The highest BCUT2D eigenvalue weighted by molar-refractivity contribution is 7.15. The van der Waals surface area contributed by atoms with Crippen molar-refractivity contribution in [1.82, 2.24) is 63.5 Å². The number of carbonyl (C=O) groups excluding carboxylic acids is 4. The van der Waals surface area contributed by atoms with E-state index in [4.69, 9.17) is 43.6 Å². The van der Waals surface area contributed by atoms with Gasteiger partial charge in [0.25, 0.3) is 23.6 Å². The number of nitrogens with one attached hydrogen (secondary N) is 6. The normalized spacial score (nSPS) is 14.4. The minimum Gasteiger partial charge on any atom is -0.493 e. The third kappa shape index (κ3) is 20.0. The Morgan fingerprint density at radius 1 is 0.417 bits per heavy atom. The fourth-order valence-electron chi connectivity index (χ4n) is 16.5. The lowest BCUT2D eigenvalue weighted by Gasteiger charge is -2.26. The SMILES string of the molecule is COc1cc(C(=O)Nc2ccccc2-c2cn3c(CN4CCNCC4)csc3n2)cc(OC)c1OC.COc1ccc(C(=O)Nc2ccccc2C2=Nc3ccccc3C2)cc1OC.O=C(Nc1ccccc1-c1cn2c(CN3CCNCC3)csc2n1)c1cnc2ccccc2n1.O=C(Nc1ccccc1-c1cn2c(CN3CC[C@@H](O)C3)csc2n1)c1ccc2ccccc2c1. The molecule has 17 aromatic rings. The maximum Gasteiger partial charge on any atom is 0.275 e. The largest absolute Gasteiger partial charge is 0.493 e. The molecule has 132 heavy (non-hydrogen) atoms. The number of thiazole rings is 3. The van der Waals surface area contributed by atoms with E-state index in [0.717, 1.165) is 190 Å². The predicted molar refractivity (Wildman–Crippen MR) is 521 cm³/mol. The van der Waals surface area contributed by atoms with Gasteiger partial charge in [-0.25, -0.2) is 19.9 Å². The lowest BCUT2D eigenvalue weighted by Crippen LogP contribution is -2.43. The van der Waals surface area contributed by atoms with Crippen LogP contribution in [-0.4, -0.2) is 194 Å². The van der Waals surface area contributed by atoms with E-state index in [2.05, 4.69) is 98.2 Å². The summed E-state index contributed by atoms with van der Waals surface area (Å²) in [5, 5.41) is 37.4. The summed E-state index contributed by atoms with van der Waals surface area (Å²) < 4.78 is 33.1. The Morgan fingerprint density at radius 2 is 0.848 bits per heavy atom. The number of carbonyl (C=O) groups is 4. The number of benzene rings is 10. The summed E-state index contributed by atoms with van der Waals surface area (Å²) in [6, 6.07) is 68.6. The van der Waals surface area contributed by atoms with Crippen molar-refractivity contribution in [3.63, 3.8) is 0 Å². The van der Waals surface area contributed by atoms with Crippen molar-refractivity contribution in [2.75, 3.05) is 122 Å². The van der Waals surface area contributed by atoms with Gasteiger partial charge in [-0.05, 0) is 108 Å². The van der Waals surface area contributed by atoms with Gasteiger partial charge in [0.15, 0.2) is 37.9 Å². The third-order valence-electron chi connectivity index (χ3n) is 23.4. The number of methoxy groups -OCH3 is 5. The van der Waals surface area contributed by atoms with E-state index in [9.17, 15) is 24.3 Å². The Balaban J connectivity index is 0.000000118. The Hall–Kier alpha value is -14.4. The van der Waals surface area contributed by atoms with Crippen LogP contribution in [0.25, 0.3) is 70.5 Å². The van der Waals surface area contributed by atoms with Crippen LogP contribution in [0.1, 0.15) is 76.2 Å². The summed E-state index contributed by atoms with van der Waals surface area (Å²) in [5.74, 6) is 1.41. The number of aliphatic hydroxyl groups is 1. The molecule has 4 aliphatic rings. The first kappa shape index (κ1) is 88.3. The number of aliphatic imine (C=N–C) groups is 1. The van der Waals surface area contributed by atoms with Crippen LogP contribution in [0.5, 0.6) is 28.7 Å². The van der Waals surface area contributed by atoms with Crippen LogP contribution < -0.4 is 55.6 Å². The molecule has 28 nitrogen and oxygen atoms in total. The number of fused-ring (bicyclic) bond motifs is 6. The highest BCUT2D eigenvalue weighted by Crippen LogP contribution is 2.41. The molecule has 3 saturated heterocycles. The van der Waals surface area contributed by atoms with E-state index in [1.54, 1.807) is 78.6 Å². The van der Waals surface area contributed by atoms with Gasteiger partial charge in [-0.15, -0.1) is 34.0 Å². The number of rotatable bonds is 23. The molecule has 0 radical (unpaired) electrons. The number of hydrogen-bond acceptors (Lipinski definition) is 24. The molecule has 4 aliphatic heterocycles. The molecular formula is C101H96N18O10S3. The van der Waals surface area contributed by atoms with Gasteiger partial charge in [0, 0.05) is 182 Å². The van der Waals surface area contributed by atoms with E-state index < -0.39 is 0 Å². The van der Waals surface area contributed by atoms with Gasteiger partial charge in [-0.2, -0.15) is 0 Å². The molecule has 4 amide bonds. The number of anilines is 4. The predicted octanol–water partition coefficient (Wildman–Crippen LogP) is 17.1. The van der Waals surface area contributed by atoms with Crippen LogP contribution in [0.3, 0.4) is 0 Å². The molecule has 0 unspecified atom stereocenters. The molecule has 0 bridgehead atoms. The average Bonchev–Trinajstić information content (AvgIpc) is 1.63. The molecule has 7 N–H and O–H groups in total. The summed E-state index contributed by atoms with van der Waals surface area (Å²) in [4.78, 5) is 90.2. The number of aromatic nitrogens is 8. The number of imidazole rings is 3. The van der Waals surface area contributed by atoms with Gasteiger partial charge in [0.05, 0.1) is 110 Å². The number of likely N-dealkylation sites (tertiary alicyclic amines) is 1. The second kappa shape index (κ2) is 40.7. The summed E-state index contributed by atoms with van der Waals surface area (Å²) >= 11 is 4.88. The van der Waals surface area contributed by atoms with Crippen molar-refractivity contribution in [3.05, 3.63) is 310 Å². The fourth-order valence-corrected chi connectivity index (χ4v) is 19.1. The maximum atomic E-state index is 13.2. The van der Waals surface area contributed by atoms with Gasteiger partial charge in [0.1, 0.15) is 5.69 Å². The number of β-amino-alcohol motifs (C(OH)–C–C–N with tert-alkyl or cyclic N) is 1. The van der Waals surface area contributed by atoms with Crippen LogP contribution in [0.2, 0.25) is 0 Å². The zero-order valence-corrected chi connectivity index (χ0v) is 75.7. The zero-order chi connectivity index (χ0) is 90.6. The fraction of sp³-hybridized carbons (Fsp3) is 0.208. The van der Waals surface area contributed by atoms with Crippen LogP contribution in [0, 0.1) is 0 Å². The molecule has 21 rings (SSSR count). The maximum absolute atomic E-state index is 13.2. The van der Waals surface area contributed by atoms with E-state index in [-0.39, 0.29) is 35.4 Å². The summed E-state index contributed by atoms with van der Waals surface area (Å²) in [6.07, 6.45) is 9.00. The summed E-state index contributed by atoms with van der Waals surface area (Å²) in [6.45, 7) is 12.4. The quantitative estimate of drug-likeness (QED) is 0.0313. The van der Waals surface area contributed by atoms with Crippen LogP contribution in [0.15, 0.2) is 264 Å². The van der Waals surface area contributed by atoms with Gasteiger partial charge >= 0.3 is 0 Å². The lowest BCUT2D eigenvalue weighted by molar-refractivity contribution is 0.101. The standard InChI is InChI=1S/C27H24N4O2S.C26H29N5O4S.C25H23N7OS.C23H20N2O3/c32-22-11-12-30(15-22)14-21-17-34-27-29-25(16-31(21)27)23-7-3-4-8-24(23)28-26(33)20-10-9-18-5-1-2-6-19(18)13-20;1-33-22-12-17(13-23(34-2)24(22)35-3)25(32)28-20-7-5-4-6-19(20)21-15-31-18(16-36-26(31)29-21)14-30-10-8-27-9-11-30;33-24(22-13-27-20-7-3-4-8-21(20)28-22)29-19-6-2-1-5-18(19)23-15-32-17(16-34-25(32)30-23)14-31-11-9-26-10-12-31;1-27-21-12-11-16(14-22(21)28-2)23(26)25-19-10-6-4-8-17(19)20-13-15-7-3-5-9-18(15)24-20/h1-10,13,16-17,22,32H,11-12,14-15H2,(H,28,33);4-7,12-13,15-16,27H,8-11,14H2,1-3H3,(H,28,32);1-8,13,15-16,26H,9-12,14H2,(H,29,33);3-12,14H,13H2,1-2H3,(H,25,26)/t22-;;;/m1.../s1. The summed E-state index contributed by atoms with van der Waals surface area (Å²) in [5.41, 5.74) is 18.8. The van der Waals surface area contributed by atoms with Crippen molar-refractivity contribution >= 4 is 128 Å². The van der Waals surface area contributed by atoms with E-state index in [1.807, 2.05) is 194 Å². The van der Waals surface area contributed by atoms with Crippen molar-refractivity contribution in [1.29, 1.82) is 0 Å². The van der Waals surface area contributed by atoms with Crippen molar-refractivity contribution in [2.45, 2.75) is 38.6 Å². The Bertz CT molecular complexity index is 6870. The van der Waals surface area contributed by atoms with Crippen LogP contribution in [0.4, 0.5) is 28.4 Å². The summed E-state index contributed by atoms with van der Waals surface area (Å²) in [7, 11) is 7.68. The molecule has 0 aliphatic carbocycles. The molecule has 668 valence electrons. The van der Waals surface area contributed by atoms with E-state index >= 15 is 0 Å². The minimum absolute atomic E-state index is 0.146. The van der Waals surface area contributed by atoms with Gasteiger partial charge in [-0.3, -0.25) is 57.1 Å². The molecule has 10 aromatic carbocycles. The Morgan fingerprint density at radius 3 is 1.36 bits per heavy atom. The first-order chi connectivity index (χ1) is 64.7. The topological polar surface area (TPSA) is 307 Å². The van der Waals surface area contributed by atoms with Crippen molar-refractivity contribution in [3.8, 4) is 62.5 Å². The number of para-hydroxylation sites is 7. The molecule has 7 aromatic heterocycles. The average molecular weight is 1820 g/mol. The van der Waals surface area contributed by atoms with Gasteiger partial charge in [-0.1, -0.05) is 133 Å². The number of piperazine rings is 2. The van der Waals surface area contributed by atoms with Gasteiger partial charge in [0.2, 0.25) is 5.75 Å². The highest BCUT2D eigenvalue weighted by atomic mass is 32.1. The first-order valence-corrected chi connectivity index (χ1v) is 46.0. The lowest BCUT2D eigenvalue weighted by atomic mass is 10.0. The molecular weight excluding hydrogens is 1720 g/mol. The monoisotopic (exact) mass is 1820 g/mol. The highest BCUT2D eigenvalue weighted by Gasteiger charge is 2.27. The smallest absolute Gasteiger partial charge is 0.275 e. The molecule has 11 heterocycles. The number of nitrogens with zero attached hydrogens (tertiary/aromatic N) is 12. The van der Waals surface area contributed by atoms with E-state index in [1.165, 1.54) is 44.5 Å². The minimum atomic E-state index is -0.300. The van der Waals surface area contributed by atoms with Gasteiger partial charge < -0.3 is 60.7 Å².